The number of carbonyl (C=O) groups is 1. The van der Waals surface area contributed by atoms with Crippen molar-refractivity contribution in [2.45, 2.75) is 18.8 Å². The predicted molar refractivity (Wildman–Crippen MR) is 132 cm³/mol. The van der Waals surface area contributed by atoms with Crippen molar-refractivity contribution in [1.29, 1.82) is 0 Å². The Balaban J connectivity index is 1.26. The molecule has 10 heteroatoms. The Labute approximate surface area is 213 Å². The highest BCUT2D eigenvalue weighted by Gasteiger charge is 2.26. The maximum atomic E-state index is 14.8. The van der Waals surface area contributed by atoms with Crippen LogP contribution in [0, 0.1) is 17.5 Å². The van der Waals surface area contributed by atoms with Gasteiger partial charge in [-0.2, -0.15) is 0 Å². The zero-order chi connectivity index (χ0) is 26.4. The number of hydrogen-bond donors (Lipinski definition) is 3. The van der Waals surface area contributed by atoms with E-state index in [0.717, 1.165) is 17.7 Å². The second-order valence-electron chi connectivity index (χ2n) is 9.06. The van der Waals surface area contributed by atoms with Crippen molar-refractivity contribution >= 4 is 16.9 Å². The van der Waals surface area contributed by atoms with Crippen molar-refractivity contribution in [3.8, 4) is 28.6 Å². The van der Waals surface area contributed by atoms with Gasteiger partial charge in [-0.1, -0.05) is 18.2 Å². The number of rotatable bonds is 6. The van der Waals surface area contributed by atoms with Crippen LogP contribution in [0.1, 0.15) is 22.7 Å². The van der Waals surface area contributed by atoms with E-state index in [2.05, 4.69) is 15.0 Å². The number of carboxylic acid groups (broad SMARTS) is 1. The van der Waals surface area contributed by atoms with Crippen LogP contribution >= 0.6 is 0 Å². The molecule has 192 valence electrons. The molecule has 6 rings (SSSR count). The molecule has 0 fully saturated rings. The first-order valence-electron chi connectivity index (χ1n) is 11.8. The number of para-hydroxylation sites is 1. The smallest absolute Gasteiger partial charge is 0.307 e. The lowest BCUT2D eigenvalue weighted by molar-refractivity contribution is -0.136. The molecular formula is C28H20F3N3O4. The van der Waals surface area contributed by atoms with Crippen molar-refractivity contribution in [1.82, 2.24) is 15.0 Å². The van der Waals surface area contributed by atoms with Crippen molar-refractivity contribution in [2.75, 3.05) is 6.61 Å². The molecule has 0 spiro atoms. The largest absolute Gasteiger partial charge is 0.492 e. The fraction of sp³-hybridized carbons (Fsp3) is 0.143. The molecule has 3 aromatic carbocycles. The molecule has 0 amide bonds. The summed E-state index contributed by atoms with van der Waals surface area (Å²) in [5, 5.41) is 9.32. The molecular weight excluding hydrogens is 499 g/mol. The molecule has 7 nitrogen and oxygen atoms in total. The Morgan fingerprint density at radius 1 is 1.13 bits per heavy atom. The third-order valence-corrected chi connectivity index (χ3v) is 6.57. The number of aromatic nitrogens is 3. The summed E-state index contributed by atoms with van der Waals surface area (Å²) >= 11 is 0. The van der Waals surface area contributed by atoms with Gasteiger partial charge in [0.15, 0.2) is 17.4 Å². The Hall–Kier alpha value is -4.73. The lowest BCUT2D eigenvalue weighted by atomic mass is 9.92. The van der Waals surface area contributed by atoms with E-state index >= 15 is 0 Å². The fourth-order valence-corrected chi connectivity index (χ4v) is 4.75. The third kappa shape index (κ3) is 4.23. The maximum absolute atomic E-state index is 14.8. The number of benzene rings is 3. The number of aromatic amines is 2. The number of nitrogens with one attached hydrogen (secondary N) is 2. The van der Waals surface area contributed by atoms with Gasteiger partial charge in [0.2, 0.25) is 0 Å². The number of carboxylic acids is 1. The van der Waals surface area contributed by atoms with Crippen molar-refractivity contribution < 1.29 is 32.5 Å². The molecule has 0 aliphatic carbocycles. The quantitative estimate of drug-likeness (QED) is 0.251. The number of ether oxygens (including phenoxy) is 2. The third-order valence-electron chi connectivity index (χ3n) is 6.57. The highest BCUT2D eigenvalue weighted by molar-refractivity contribution is 5.82. The molecule has 0 unspecified atom stereocenters. The minimum absolute atomic E-state index is 0.0351. The molecule has 3 N–H and O–H groups in total. The summed E-state index contributed by atoms with van der Waals surface area (Å²) in [6, 6.07) is 11.8. The highest BCUT2D eigenvalue weighted by atomic mass is 19.1. The Morgan fingerprint density at radius 3 is 2.84 bits per heavy atom. The molecule has 0 saturated heterocycles. The summed E-state index contributed by atoms with van der Waals surface area (Å²) in [7, 11) is 0. The lowest BCUT2D eigenvalue weighted by Crippen LogP contribution is -2.21. The fourth-order valence-electron chi connectivity index (χ4n) is 4.75. The number of imidazole rings is 1. The first kappa shape index (κ1) is 23.7. The lowest BCUT2D eigenvalue weighted by Gasteiger charge is -2.26. The van der Waals surface area contributed by atoms with Gasteiger partial charge in [0.25, 0.3) is 0 Å². The zero-order valence-corrected chi connectivity index (χ0v) is 19.7. The summed E-state index contributed by atoms with van der Waals surface area (Å²) < 4.78 is 55.6. The molecule has 0 bridgehead atoms. The standard InChI is InChI=1S/C28H20F3N3O4/c29-20-5-4-17(38-27-21(30)11-22-18(25(27)31)6-7-32-22)10-19(20)28-33-12-23(34-28)16-8-14-2-1-3-15(9-24(35)36)26(14)37-13-16/h1-7,10-12,16,32H,8-9,13H2,(H,33,34)(H,35,36)/t16-/m1/s1. The number of aliphatic carboxylic acids is 1. The molecule has 5 aromatic rings. The average molecular weight is 519 g/mol. The number of fused-ring (bicyclic) bond motifs is 2. The number of H-pyrrole nitrogens is 2. The first-order chi connectivity index (χ1) is 18.4. The highest BCUT2D eigenvalue weighted by Crippen LogP contribution is 2.37. The molecule has 0 radical (unpaired) electrons. The zero-order valence-electron chi connectivity index (χ0n) is 19.7. The van der Waals surface area contributed by atoms with Crippen LogP contribution in [0.3, 0.4) is 0 Å². The minimum atomic E-state index is -0.939. The monoisotopic (exact) mass is 519 g/mol. The van der Waals surface area contributed by atoms with Gasteiger partial charge in [0.1, 0.15) is 23.1 Å². The van der Waals surface area contributed by atoms with Crippen molar-refractivity contribution in [3.63, 3.8) is 0 Å². The van der Waals surface area contributed by atoms with E-state index in [1.165, 1.54) is 24.4 Å². The summed E-state index contributed by atoms with van der Waals surface area (Å²) in [5.41, 5.74) is 2.55. The second kappa shape index (κ2) is 9.29. The Bertz CT molecular complexity index is 1690. The summed E-state index contributed by atoms with van der Waals surface area (Å²) in [6.45, 7) is 0.289. The van der Waals surface area contributed by atoms with Gasteiger partial charge in [-0.3, -0.25) is 4.79 Å². The summed E-state index contributed by atoms with van der Waals surface area (Å²) in [4.78, 5) is 21.3. The van der Waals surface area contributed by atoms with E-state index in [0.29, 0.717) is 28.9 Å². The maximum Gasteiger partial charge on any atom is 0.307 e. The van der Waals surface area contributed by atoms with E-state index in [9.17, 15) is 18.0 Å². The Kier molecular flexibility index (Phi) is 5.79. The SMILES string of the molecule is O=C(O)Cc1cccc2c1OC[C@H](c1cnc(-c3cc(Oc4c(F)cc5[nH]ccc5c4F)ccc3F)[nH]1)C2. The predicted octanol–water partition coefficient (Wildman–Crippen LogP) is 6.11. The van der Waals surface area contributed by atoms with Crippen molar-refractivity contribution in [3.05, 3.63) is 95.2 Å². The molecule has 1 aliphatic rings. The number of hydrogen-bond acceptors (Lipinski definition) is 4. The summed E-state index contributed by atoms with van der Waals surface area (Å²) in [5.74, 6) is -3.17. The topological polar surface area (TPSA) is 100 Å². The average Bonchev–Trinajstić information content (AvgIpc) is 3.57. The number of nitrogens with zero attached hydrogens (tertiary/aromatic N) is 1. The molecule has 3 heterocycles. The number of halogens is 3. The van der Waals surface area contributed by atoms with Crippen LogP contribution in [0.4, 0.5) is 13.2 Å². The van der Waals surface area contributed by atoms with Crippen LogP contribution in [0.5, 0.6) is 17.2 Å². The minimum Gasteiger partial charge on any atom is -0.492 e. The second-order valence-corrected chi connectivity index (χ2v) is 9.06. The molecule has 0 saturated carbocycles. The normalized spacial score (nSPS) is 14.8. The van der Waals surface area contributed by atoms with E-state index in [1.54, 1.807) is 18.3 Å². The van der Waals surface area contributed by atoms with Crippen LogP contribution in [0.15, 0.2) is 60.9 Å². The van der Waals surface area contributed by atoms with Gasteiger partial charge < -0.3 is 24.5 Å². The van der Waals surface area contributed by atoms with Crippen LogP contribution in [-0.4, -0.2) is 32.6 Å². The van der Waals surface area contributed by atoms with E-state index in [-0.39, 0.29) is 41.5 Å². The molecule has 1 aliphatic heterocycles. The van der Waals surface area contributed by atoms with E-state index in [4.69, 9.17) is 14.6 Å². The van der Waals surface area contributed by atoms with Gasteiger partial charge in [-0.25, -0.2) is 18.2 Å². The molecule has 1 atom stereocenters. The van der Waals surface area contributed by atoms with E-state index in [1.807, 2.05) is 6.07 Å². The van der Waals surface area contributed by atoms with Gasteiger partial charge in [-0.05, 0) is 36.2 Å². The molecule has 2 aromatic heterocycles. The van der Waals surface area contributed by atoms with E-state index < -0.39 is 29.2 Å². The van der Waals surface area contributed by atoms with Crippen LogP contribution in [0.25, 0.3) is 22.3 Å². The van der Waals surface area contributed by atoms with Gasteiger partial charge >= 0.3 is 5.97 Å². The summed E-state index contributed by atoms with van der Waals surface area (Å²) in [6.07, 6.45) is 3.52. The van der Waals surface area contributed by atoms with Gasteiger partial charge in [0.05, 0.1) is 24.1 Å². The van der Waals surface area contributed by atoms with Gasteiger partial charge in [-0.15, -0.1) is 0 Å². The van der Waals surface area contributed by atoms with Crippen LogP contribution < -0.4 is 9.47 Å². The van der Waals surface area contributed by atoms with Crippen LogP contribution in [0.2, 0.25) is 0 Å². The van der Waals surface area contributed by atoms with Crippen LogP contribution in [-0.2, 0) is 17.6 Å². The first-order valence-corrected chi connectivity index (χ1v) is 11.8. The Morgan fingerprint density at radius 2 is 2.00 bits per heavy atom. The molecule has 38 heavy (non-hydrogen) atoms. The van der Waals surface area contributed by atoms with Crippen molar-refractivity contribution in [2.24, 2.45) is 0 Å². The van der Waals surface area contributed by atoms with Gasteiger partial charge in [0, 0.05) is 41.0 Å².